The van der Waals surface area contributed by atoms with E-state index in [1.54, 1.807) is 0 Å². The van der Waals surface area contributed by atoms with E-state index in [0.717, 1.165) is 36.6 Å². The molecule has 0 radical (unpaired) electrons. The van der Waals surface area contributed by atoms with Gasteiger partial charge in [0.15, 0.2) is 9.47 Å². The SMILES string of the molecule is Cc1ccc2nc(NC(=O)Cc3csc(SCC(=O)Nc4cccc5ccccc45)n3)sc2c1. The second-order valence-electron chi connectivity index (χ2n) is 7.68. The second-order valence-corrected chi connectivity index (χ2v) is 10.8. The van der Waals surface area contributed by atoms with E-state index in [1.165, 1.54) is 34.4 Å². The molecule has 6 nitrogen and oxygen atoms in total. The van der Waals surface area contributed by atoms with Gasteiger partial charge in [0, 0.05) is 16.5 Å². The van der Waals surface area contributed by atoms with Crippen LogP contribution in [0, 0.1) is 6.92 Å². The van der Waals surface area contributed by atoms with Gasteiger partial charge < -0.3 is 10.6 Å². The second kappa shape index (κ2) is 9.92. The van der Waals surface area contributed by atoms with Crippen molar-refractivity contribution in [3.05, 3.63) is 77.3 Å². The van der Waals surface area contributed by atoms with Crippen LogP contribution in [0.2, 0.25) is 0 Å². The van der Waals surface area contributed by atoms with E-state index < -0.39 is 0 Å². The number of amides is 2. The van der Waals surface area contributed by atoms with Crippen LogP contribution in [0.25, 0.3) is 21.0 Å². The molecule has 0 saturated heterocycles. The van der Waals surface area contributed by atoms with Gasteiger partial charge >= 0.3 is 0 Å². The first-order chi connectivity index (χ1) is 16.5. The molecule has 34 heavy (non-hydrogen) atoms. The summed E-state index contributed by atoms with van der Waals surface area (Å²) in [5.74, 6) is -0.0127. The lowest BCUT2D eigenvalue weighted by Gasteiger charge is -2.08. The molecule has 2 aromatic heterocycles. The first-order valence-corrected chi connectivity index (χ1v) is 13.2. The van der Waals surface area contributed by atoms with E-state index in [1.807, 2.05) is 66.9 Å². The molecular formula is C25H20N4O2S3. The molecule has 0 fully saturated rings. The number of carbonyl (C=O) groups excluding carboxylic acids is 2. The van der Waals surface area contributed by atoms with Crippen LogP contribution in [-0.2, 0) is 16.0 Å². The van der Waals surface area contributed by atoms with E-state index in [4.69, 9.17) is 0 Å². The van der Waals surface area contributed by atoms with Gasteiger partial charge in [-0.1, -0.05) is 65.6 Å². The Hall–Kier alpha value is -3.27. The van der Waals surface area contributed by atoms with Gasteiger partial charge in [0.1, 0.15) is 0 Å². The number of nitrogens with zero attached hydrogens (tertiary/aromatic N) is 2. The third-order valence-electron chi connectivity index (χ3n) is 5.05. The number of aryl methyl sites for hydroxylation is 1. The van der Waals surface area contributed by atoms with Crippen LogP contribution < -0.4 is 10.6 Å². The van der Waals surface area contributed by atoms with E-state index in [9.17, 15) is 9.59 Å². The number of rotatable bonds is 7. The summed E-state index contributed by atoms with van der Waals surface area (Å²) in [6.07, 6.45) is 0.161. The Bertz CT molecular complexity index is 1500. The molecule has 9 heteroatoms. The average molecular weight is 505 g/mol. The van der Waals surface area contributed by atoms with Crippen LogP contribution in [0.15, 0.2) is 70.4 Å². The molecule has 0 bridgehead atoms. The van der Waals surface area contributed by atoms with Crippen molar-refractivity contribution in [3.8, 4) is 0 Å². The van der Waals surface area contributed by atoms with Gasteiger partial charge in [0.05, 0.1) is 28.1 Å². The summed E-state index contributed by atoms with van der Waals surface area (Å²) in [4.78, 5) is 33.9. The topological polar surface area (TPSA) is 84.0 Å². The van der Waals surface area contributed by atoms with Crippen LogP contribution in [0.4, 0.5) is 10.8 Å². The maximum absolute atomic E-state index is 12.5. The summed E-state index contributed by atoms with van der Waals surface area (Å²) >= 11 is 4.25. The Balaban J connectivity index is 1.14. The number of nitrogens with one attached hydrogen (secondary N) is 2. The Kier molecular flexibility index (Phi) is 6.57. The minimum atomic E-state index is -0.161. The van der Waals surface area contributed by atoms with Crippen LogP contribution in [0.3, 0.4) is 0 Å². The molecule has 2 N–H and O–H groups in total. The summed E-state index contributed by atoms with van der Waals surface area (Å²) in [6.45, 7) is 2.03. The maximum atomic E-state index is 12.5. The summed E-state index contributed by atoms with van der Waals surface area (Å²) in [5.41, 5.74) is 3.51. The van der Waals surface area contributed by atoms with Crippen molar-refractivity contribution in [3.63, 3.8) is 0 Å². The van der Waals surface area contributed by atoms with Crippen LogP contribution in [0.5, 0.6) is 0 Å². The standard InChI is InChI=1S/C25H20N4O2S3/c1-15-9-10-20-21(11-15)34-24(28-20)29-22(30)12-17-13-32-25(26-17)33-14-23(31)27-19-8-4-6-16-5-2-3-7-18(16)19/h2-11,13H,12,14H2,1H3,(H,27,31)(H,28,29,30). The van der Waals surface area contributed by atoms with E-state index in [2.05, 4.69) is 26.7 Å². The van der Waals surface area contributed by atoms with Crippen molar-refractivity contribution >= 4 is 78.1 Å². The molecule has 0 spiro atoms. The average Bonchev–Trinajstić information content (AvgIpc) is 3.43. The molecule has 2 heterocycles. The van der Waals surface area contributed by atoms with Gasteiger partial charge in [-0.25, -0.2) is 9.97 Å². The lowest BCUT2D eigenvalue weighted by Crippen LogP contribution is -2.14. The van der Waals surface area contributed by atoms with Gasteiger partial charge in [-0.05, 0) is 36.1 Å². The molecular weight excluding hydrogens is 485 g/mol. The first kappa shape index (κ1) is 22.5. The first-order valence-electron chi connectivity index (χ1n) is 10.6. The normalized spacial score (nSPS) is 11.1. The van der Waals surface area contributed by atoms with Crippen LogP contribution in [-0.4, -0.2) is 27.5 Å². The Morgan fingerprint density at radius 1 is 0.971 bits per heavy atom. The highest BCUT2D eigenvalue weighted by atomic mass is 32.2. The molecule has 0 saturated carbocycles. The smallest absolute Gasteiger partial charge is 0.234 e. The number of benzene rings is 3. The summed E-state index contributed by atoms with van der Waals surface area (Å²) < 4.78 is 1.80. The van der Waals surface area contributed by atoms with E-state index in [0.29, 0.717) is 10.8 Å². The number of anilines is 2. The predicted octanol–water partition coefficient (Wildman–Crippen LogP) is 6.13. The number of carbonyl (C=O) groups is 2. The highest BCUT2D eigenvalue weighted by molar-refractivity contribution is 8.01. The Morgan fingerprint density at radius 3 is 2.74 bits per heavy atom. The van der Waals surface area contributed by atoms with Crippen molar-refractivity contribution in [1.82, 2.24) is 9.97 Å². The molecule has 0 aliphatic rings. The molecule has 170 valence electrons. The molecule has 5 rings (SSSR count). The molecule has 0 aliphatic carbocycles. The highest BCUT2D eigenvalue weighted by Gasteiger charge is 2.13. The van der Waals surface area contributed by atoms with Crippen LogP contribution in [0.1, 0.15) is 11.3 Å². The maximum Gasteiger partial charge on any atom is 0.234 e. The third kappa shape index (κ3) is 5.27. The number of thiazole rings is 2. The molecule has 2 amide bonds. The zero-order valence-electron chi connectivity index (χ0n) is 18.2. The van der Waals surface area contributed by atoms with Crippen molar-refractivity contribution < 1.29 is 9.59 Å². The highest BCUT2D eigenvalue weighted by Crippen LogP contribution is 2.28. The molecule has 5 aromatic rings. The fourth-order valence-electron chi connectivity index (χ4n) is 3.50. The number of hydrogen-bond donors (Lipinski definition) is 2. The number of fused-ring (bicyclic) bond motifs is 2. The monoisotopic (exact) mass is 504 g/mol. The lowest BCUT2D eigenvalue weighted by atomic mass is 10.1. The molecule has 0 unspecified atom stereocenters. The number of hydrogen-bond acceptors (Lipinski definition) is 7. The fraction of sp³-hybridized carbons (Fsp3) is 0.120. The van der Waals surface area contributed by atoms with Gasteiger partial charge in [-0.15, -0.1) is 11.3 Å². The van der Waals surface area contributed by atoms with Crippen LogP contribution >= 0.6 is 34.4 Å². The predicted molar refractivity (Wildman–Crippen MR) is 142 cm³/mol. The van der Waals surface area contributed by atoms with Crippen molar-refractivity contribution in [1.29, 1.82) is 0 Å². The quantitative estimate of drug-likeness (QED) is 0.261. The molecule has 3 aromatic carbocycles. The van der Waals surface area contributed by atoms with Gasteiger partial charge in [0.25, 0.3) is 0 Å². The fourth-order valence-corrected chi connectivity index (χ4v) is 6.12. The zero-order valence-corrected chi connectivity index (χ0v) is 20.7. The summed E-state index contributed by atoms with van der Waals surface area (Å²) in [7, 11) is 0. The van der Waals surface area contributed by atoms with Gasteiger partial charge in [0.2, 0.25) is 11.8 Å². The lowest BCUT2D eigenvalue weighted by molar-refractivity contribution is -0.116. The Morgan fingerprint density at radius 2 is 1.82 bits per heavy atom. The van der Waals surface area contributed by atoms with E-state index >= 15 is 0 Å². The van der Waals surface area contributed by atoms with Crippen molar-refractivity contribution in [2.24, 2.45) is 0 Å². The number of thioether (sulfide) groups is 1. The van der Waals surface area contributed by atoms with E-state index in [-0.39, 0.29) is 24.0 Å². The largest absolute Gasteiger partial charge is 0.325 e. The van der Waals surface area contributed by atoms with Crippen molar-refractivity contribution in [2.75, 3.05) is 16.4 Å². The van der Waals surface area contributed by atoms with Crippen molar-refractivity contribution in [2.45, 2.75) is 17.7 Å². The third-order valence-corrected chi connectivity index (χ3v) is 8.06. The minimum absolute atomic E-state index is 0.0954. The van der Waals surface area contributed by atoms with Gasteiger partial charge in [-0.2, -0.15) is 0 Å². The van der Waals surface area contributed by atoms with Gasteiger partial charge in [-0.3, -0.25) is 9.59 Å². The Labute approximate surface area is 208 Å². The zero-order chi connectivity index (χ0) is 23.5. The molecule has 0 atom stereocenters. The summed E-state index contributed by atoms with van der Waals surface area (Å²) in [5, 5.41) is 10.4. The summed E-state index contributed by atoms with van der Waals surface area (Å²) in [6, 6.07) is 19.8. The number of aromatic nitrogens is 2. The molecule has 0 aliphatic heterocycles. The minimum Gasteiger partial charge on any atom is -0.325 e.